The molecule has 0 spiro atoms. The van der Waals surface area contributed by atoms with Crippen molar-refractivity contribution in [1.82, 2.24) is 19.7 Å². The average molecular weight is 389 g/mol. The molecule has 1 amide bonds. The largest absolute Gasteiger partial charge is 0.496 e. The molecule has 0 radical (unpaired) electrons. The number of ether oxygens (including phenoxy) is 1. The average Bonchev–Trinajstić information content (AvgIpc) is 3.08. The highest BCUT2D eigenvalue weighted by atomic mass is 32.2. The van der Waals surface area contributed by atoms with E-state index in [4.69, 9.17) is 4.74 Å². The van der Waals surface area contributed by atoms with E-state index in [2.05, 4.69) is 31.0 Å². The molecular weight excluding hydrogens is 360 g/mol. The van der Waals surface area contributed by atoms with Crippen molar-refractivity contribution >= 4 is 17.7 Å². The maximum absolute atomic E-state index is 12.8. The van der Waals surface area contributed by atoms with Crippen LogP contribution in [0.15, 0.2) is 29.4 Å². The normalized spacial score (nSPS) is 19.9. The van der Waals surface area contributed by atoms with Crippen LogP contribution in [0.2, 0.25) is 0 Å². The fourth-order valence-corrected chi connectivity index (χ4v) is 4.69. The molecular formula is C20H28N4O2S. The lowest BCUT2D eigenvalue weighted by molar-refractivity contribution is -0.134. The number of para-hydroxylation sites is 1. The van der Waals surface area contributed by atoms with Gasteiger partial charge in [0.2, 0.25) is 5.91 Å². The van der Waals surface area contributed by atoms with Crippen molar-refractivity contribution < 1.29 is 9.53 Å². The molecule has 2 atom stereocenters. The summed E-state index contributed by atoms with van der Waals surface area (Å²) in [5.74, 6) is 2.11. The molecule has 6 nitrogen and oxygen atoms in total. The zero-order valence-electron chi connectivity index (χ0n) is 16.5. The van der Waals surface area contributed by atoms with Gasteiger partial charge < -0.3 is 14.2 Å². The third-order valence-corrected chi connectivity index (χ3v) is 6.14. The number of aromatic nitrogens is 3. The molecule has 2 aromatic rings. The minimum absolute atomic E-state index is 0.184. The van der Waals surface area contributed by atoms with Crippen LogP contribution in [0.1, 0.15) is 40.0 Å². The maximum atomic E-state index is 12.8. The van der Waals surface area contributed by atoms with Gasteiger partial charge in [-0.1, -0.05) is 23.9 Å². The summed E-state index contributed by atoms with van der Waals surface area (Å²) in [5.41, 5.74) is 0.908. The van der Waals surface area contributed by atoms with E-state index in [1.807, 2.05) is 33.7 Å². The molecule has 1 fully saturated rings. The van der Waals surface area contributed by atoms with Crippen LogP contribution in [-0.4, -0.2) is 50.5 Å². The van der Waals surface area contributed by atoms with Gasteiger partial charge in [-0.15, -0.1) is 10.2 Å². The number of hydrogen-bond donors (Lipinski definition) is 0. The molecule has 2 heterocycles. The minimum atomic E-state index is 0.184. The third-order valence-electron chi connectivity index (χ3n) is 5.19. The second-order valence-corrected chi connectivity index (χ2v) is 7.91. The summed E-state index contributed by atoms with van der Waals surface area (Å²) in [6, 6.07) is 8.42. The summed E-state index contributed by atoms with van der Waals surface area (Å²) >= 11 is 1.46. The van der Waals surface area contributed by atoms with E-state index in [1.165, 1.54) is 18.2 Å². The van der Waals surface area contributed by atoms with Crippen molar-refractivity contribution in [2.75, 3.05) is 12.9 Å². The predicted octanol–water partition coefficient (Wildman–Crippen LogP) is 3.86. The van der Waals surface area contributed by atoms with Crippen LogP contribution in [0.5, 0.6) is 5.75 Å². The Bertz CT molecular complexity index is 782. The van der Waals surface area contributed by atoms with E-state index in [-0.39, 0.29) is 5.91 Å². The molecule has 1 aliphatic rings. The standard InChI is InChI=1S/C20H28N4O2S/c1-5-23-19(16-11-6-7-12-17(16)26-4)21-22-20(23)27-13-18(25)24-14(2)9-8-10-15(24)3/h6-7,11-12,14-15H,5,8-10,13H2,1-4H3/t14-,15-/m1/s1. The van der Waals surface area contributed by atoms with Gasteiger partial charge in [0.1, 0.15) is 5.75 Å². The van der Waals surface area contributed by atoms with E-state index in [0.29, 0.717) is 17.8 Å². The first-order chi connectivity index (χ1) is 13.1. The smallest absolute Gasteiger partial charge is 0.233 e. The summed E-state index contributed by atoms with van der Waals surface area (Å²) in [6.07, 6.45) is 3.37. The highest BCUT2D eigenvalue weighted by molar-refractivity contribution is 7.99. The van der Waals surface area contributed by atoms with Crippen LogP contribution in [0.4, 0.5) is 0 Å². The van der Waals surface area contributed by atoms with Gasteiger partial charge in [0.05, 0.1) is 18.4 Å². The number of likely N-dealkylation sites (tertiary alicyclic amines) is 1. The van der Waals surface area contributed by atoms with E-state index in [1.54, 1.807) is 7.11 Å². The van der Waals surface area contributed by atoms with E-state index in [9.17, 15) is 4.79 Å². The fraction of sp³-hybridized carbons (Fsp3) is 0.550. The summed E-state index contributed by atoms with van der Waals surface area (Å²) in [5, 5.41) is 9.48. The summed E-state index contributed by atoms with van der Waals surface area (Å²) in [7, 11) is 1.65. The maximum Gasteiger partial charge on any atom is 0.233 e. The van der Waals surface area contributed by atoms with Gasteiger partial charge in [0.15, 0.2) is 11.0 Å². The molecule has 146 valence electrons. The number of amides is 1. The molecule has 0 saturated carbocycles. The highest BCUT2D eigenvalue weighted by Gasteiger charge is 2.29. The number of benzene rings is 1. The molecule has 0 aliphatic carbocycles. The number of hydrogen-bond acceptors (Lipinski definition) is 5. The summed E-state index contributed by atoms with van der Waals surface area (Å²) < 4.78 is 7.50. The molecule has 1 saturated heterocycles. The van der Waals surface area contributed by atoms with E-state index < -0.39 is 0 Å². The first-order valence-electron chi connectivity index (χ1n) is 9.57. The number of carbonyl (C=O) groups is 1. The first kappa shape index (κ1) is 19.7. The Kier molecular flexibility index (Phi) is 6.42. The Morgan fingerprint density at radius 3 is 2.59 bits per heavy atom. The van der Waals surface area contributed by atoms with Gasteiger partial charge in [-0.25, -0.2) is 0 Å². The SMILES string of the molecule is CCn1c(SCC(=O)N2[C@H](C)CCC[C@H]2C)nnc1-c1ccccc1OC. The van der Waals surface area contributed by atoms with Crippen LogP contribution >= 0.6 is 11.8 Å². The van der Waals surface area contributed by atoms with Crippen molar-refractivity contribution in [3.63, 3.8) is 0 Å². The molecule has 1 aromatic heterocycles. The Balaban J connectivity index is 1.76. The predicted molar refractivity (Wildman–Crippen MR) is 108 cm³/mol. The van der Waals surface area contributed by atoms with Gasteiger partial charge in [0.25, 0.3) is 0 Å². The fourth-order valence-electron chi connectivity index (χ4n) is 3.82. The van der Waals surface area contributed by atoms with E-state index in [0.717, 1.165) is 41.7 Å². The Morgan fingerprint density at radius 1 is 1.22 bits per heavy atom. The van der Waals surface area contributed by atoms with E-state index >= 15 is 0 Å². The lowest BCUT2D eigenvalue weighted by Crippen LogP contribution is -2.48. The van der Waals surface area contributed by atoms with Crippen LogP contribution in [0.25, 0.3) is 11.4 Å². The van der Waals surface area contributed by atoms with Crippen molar-refractivity contribution in [2.24, 2.45) is 0 Å². The van der Waals surface area contributed by atoms with Crippen molar-refractivity contribution in [1.29, 1.82) is 0 Å². The Labute approximate surface area is 165 Å². The second-order valence-electron chi connectivity index (χ2n) is 6.97. The highest BCUT2D eigenvalue weighted by Crippen LogP contribution is 2.31. The molecule has 27 heavy (non-hydrogen) atoms. The number of thioether (sulfide) groups is 1. The third kappa shape index (κ3) is 4.13. The van der Waals surface area contributed by atoms with Gasteiger partial charge >= 0.3 is 0 Å². The Morgan fingerprint density at radius 2 is 1.93 bits per heavy atom. The lowest BCUT2D eigenvalue weighted by Gasteiger charge is -2.39. The van der Waals surface area contributed by atoms with Gasteiger partial charge in [-0.05, 0) is 52.2 Å². The van der Waals surface area contributed by atoms with Crippen LogP contribution in [0, 0.1) is 0 Å². The van der Waals surface area contributed by atoms with Crippen LogP contribution in [-0.2, 0) is 11.3 Å². The zero-order chi connectivity index (χ0) is 19.4. The molecule has 1 aliphatic heterocycles. The molecule has 0 unspecified atom stereocenters. The molecule has 0 N–H and O–H groups in total. The molecule has 3 rings (SSSR count). The minimum Gasteiger partial charge on any atom is -0.496 e. The first-order valence-corrected chi connectivity index (χ1v) is 10.6. The summed E-state index contributed by atoms with van der Waals surface area (Å²) in [4.78, 5) is 14.8. The van der Waals surface area contributed by atoms with Crippen LogP contribution < -0.4 is 4.74 Å². The van der Waals surface area contributed by atoms with Crippen molar-refractivity contribution in [2.45, 2.75) is 63.8 Å². The number of methoxy groups -OCH3 is 1. The molecule has 1 aromatic carbocycles. The van der Waals surface area contributed by atoms with Crippen molar-refractivity contribution in [3.8, 4) is 17.1 Å². The summed E-state index contributed by atoms with van der Waals surface area (Å²) in [6.45, 7) is 7.08. The number of rotatable bonds is 6. The number of piperidine rings is 1. The lowest BCUT2D eigenvalue weighted by atomic mass is 9.98. The second kappa shape index (κ2) is 8.78. The van der Waals surface area contributed by atoms with Gasteiger partial charge in [-0.2, -0.15) is 0 Å². The van der Waals surface area contributed by atoms with Crippen molar-refractivity contribution in [3.05, 3.63) is 24.3 Å². The van der Waals surface area contributed by atoms with Gasteiger partial charge in [-0.3, -0.25) is 4.79 Å². The Hall–Kier alpha value is -2.02. The molecule has 0 bridgehead atoms. The monoisotopic (exact) mass is 388 g/mol. The van der Waals surface area contributed by atoms with Crippen LogP contribution in [0.3, 0.4) is 0 Å². The van der Waals surface area contributed by atoms with Gasteiger partial charge in [0, 0.05) is 18.6 Å². The zero-order valence-corrected chi connectivity index (χ0v) is 17.3. The topological polar surface area (TPSA) is 60.2 Å². The number of nitrogens with zero attached hydrogens (tertiary/aromatic N) is 4. The number of carbonyl (C=O) groups excluding carboxylic acids is 1. The quantitative estimate of drug-likeness (QED) is 0.704. The molecule has 7 heteroatoms.